The summed E-state index contributed by atoms with van der Waals surface area (Å²) in [7, 11) is 0. The van der Waals surface area contributed by atoms with Crippen molar-refractivity contribution in [3.63, 3.8) is 0 Å². The fraction of sp³-hybridized carbons (Fsp3) is 0.571. The second-order valence-corrected chi connectivity index (χ2v) is 5.85. The molecule has 1 aromatic carbocycles. The summed E-state index contributed by atoms with van der Waals surface area (Å²) in [6.07, 6.45) is 0. The molecule has 1 unspecified atom stereocenters. The first-order valence-electron chi connectivity index (χ1n) is 6.19. The first kappa shape index (κ1) is 14.6. The van der Waals surface area contributed by atoms with Crippen molar-refractivity contribution in [3.8, 4) is 0 Å². The number of rotatable bonds is 4. The molecule has 0 heterocycles. The first-order chi connectivity index (χ1) is 8.21. The lowest BCUT2D eigenvalue weighted by Crippen LogP contribution is -2.37. The summed E-state index contributed by atoms with van der Waals surface area (Å²) in [6.45, 7) is 11.0. The third kappa shape index (κ3) is 3.81. The predicted octanol–water partition coefficient (Wildman–Crippen LogP) is 3.43. The summed E-state index contributed by atoms with van der Waals surface area (Å²) in [5, 5.41) is 14.3. The maximum atomic E-state index is 10.9. The van der Waals surface area contributed by atoms with Gasteiger partial charge < -0.3 is 5.32 Å². The van der Waals surface area contributed by atoms with Crippen molar-refractivity contribution in [3.05, 3.63) is 39.4 Å². The average Bonchev–Trinajstić information content (AvgIpc) is 2.25. The molecule has 0 saturated carbocycles. The van der Waals surface area contributed by atoms with E-state index in [0.717, 1.165) is 5.56 Å². The van der Waals surface area contributed by atoms with E-state index in [9.17, 15) is 10.1 Å². The number of nitrogens with zero attached hydrogens (tertiary/aromatic N) is 1. The molecule has 0 aliphatic rings. The maximum absolute atomic E-state index is 10.9. The Kier molecular flexibility index (Phi) is 4.46. The number of aryl methyl sites for hydroxylation is 1. The van der Waals surface area contributed by atoms with Crippen molar-refractivity contribution < 1.29 is 4.92 Å². The Morgan fingerprint density at radius 3 is 2.50 bits per heavy atom. The van der Waals surface area contributed by atoms with Gasteiger partial charge in [-0.2, -0.15) is 0 Å². The highest BCUT2D eigenvalue weighted by Gasteiger charge is 2.19. The molecule has 0 spiro atoms. The topological polar surface area (TPSA) is 55.2 Å². The molecular formula is C14H22N2O2. The van der Waals surface area contributed by atoms with Crippen LogP contribution >= 0.6 is 0 Å². The minimum Gasteiger partial charge on any atom is -0.310 e. The number of nitro benzene ring substituents is 1. The number of nitro groups is 1. The Bertz CT molecular complexity index is 436. The third-order valence-corrected chi connectivity index (χ3v) is 3.38. The molecule has 0 aliphatic heterocycles. The number of benzene rings is 1. The normalized spacial score (nSPS) is 13.4. The summed E-state index contributed by atoms with van der Waals surface area (Å²) in [6, 6.07) is 5.73. The highest BCUT2D eigenvalue weighted by molar-refractivity contribution is 5.42. The van der Waals surface area contributed by atoms with Crippen molar-refractivity contribution in [1.29, 1.82) is 0 Å². The second kappa shape index (κ2) is 5.48. The van der Waals surface area contributed by atoms with Crippen LogP contribution in [-0.4, -0.2) is 11.0 Å². The van der Waals surface area contributed by atoms with Crippen LogP contribution in [0, 0.1) is 22.5 Å². The highest BCUT2D eigenvalue weighted by Crippen LogP contribution is 2.21. The highest BCUT2D eigenvalue weighted by atomic mass is 16.6. The molecule has 0 bridgehead atoms. The Hall–Kier alpha value is -1.42. The van der Waals surface area contributed by atoms with Gasteiger partial charge in [0.1, 0.15) is 0 Å². The molecule has 1 N–H and O–H groups in total. The van der Waals surface area contributed by atoms with Crippen molar-refractivity contribution >= 4 is 5.69 Å². The zero-order valence-electron chi connectivity index (χ0n) is 11.8. The Morgan fingerprint density at radius 1 is 1.39 bits per heavy atom. The van der Waals surface area contributed by atoms with Gasteiger partial charge in [0.05, 0.1) is 4.92 Å². The fourth-order valence-electron chi connectivity index (χ4n) is 1.54. The first-order valence-corrected chi connectivity index (χ1v) is 6.19. The Labute approximate surface area is 109 Å². The van der Waals surface area contributed by atoms with Gasteiger partial charge in [-0.3, -0.25) is 10.1 Å². The van der Waals surface area contributed by atoms with Crippen LogP contribution in [0.2, 0.25) is 0 Å². The van der Waals surface area contributed by atoms with E-state index in [0.29, 0.717) is 18.2 Å². The van der Waals surface area contributed by atoms with Gasteiger partial charge in [-0.15, -0.1) is 0 Å². The molecule has 0 aromatic heterocycles. The molecule has 100 valence electrons. The lowest BCUT2D eigenvalue weighted by molar-refractivity contribution is -0.385. The van der Waals surface area contributed by atoms with Gasteiger partial charge in [-0.25, -0.2) is 0 Å². The largest absolute Gasteiger partial charge is 0.310 e. The average molecular weight is 250 g/mol. The standard InChI is InChI=1S/C14H22N2O2/c1-10-6-7-12(8-13(10)16(17)18)9-15-11(2)14(3,4)5/h6-8,11,15H,9H2,1-5H3. The summed E-state index contributed by atoms with van der Waals surface area (Å²) in [4.78, 5) is 10.5. The molecule has 1 atom stereocenters. The second-order valence-electron chi connectivity index (χ2n) is 5.85. The van der Waals surface area contributed by atoms with E-state index < -0.39 is 0 Å². The third-order valence-electron chi connectivity index (χ3n) is 3.38. The zero-order valence-corrected chi connectivity index (χ0v) is 11.8. The minimum atomic E-state index is -0.327. The number of hydrogen-bond donors (Lipinski definition) is 1. The summed E-state index contributed by atoms with van der Waals surface area (Å²) < 4.78 is 0. The Balaban J connectivity index is 2.75. The molecule has 0 saturated heterocycles. The summed E-state index contributed by atoms with van der Waals surface area (Å²) >= 11 is 0. The molecule has 0 radical (unpaired) electrons. The van der Waals surface area contributed by atoms with Crippen LogP contribution < -0.4 is 5.32 Å². The molecule has 0 amide bonds. The summed E-state index contributed by atoms with van der Waals surface area (Å²) in [5.74, 6) is 0. The zero-order chi connectivity index (χ0) is 13.9. The van der Waals surface area contributed by atoms with Gasteiger partial charge in [0.2, 0.25) is 0 Å². The van der Waals surface area contributed by atoms with E-state index >= 15 is 0 Å². The smallest absolute Gasteiger partial charge is 0.272 e. The van der Waals surface area contributed by atoms with Crippen molar-refractivity contribution in [2.45, 2.75) is 47.2 Å². The molecule has 4 heteroatoms. The van der Waals surface area contributed by atoms with Crippen molar-refractivity contribution in [2.75, 3.05) is 0 Å². The van der Waals surface area contributed by atoms with Crippen LogP contribution in [0.1, 0.15) is 38.8 Å². The molecule has 0 aliphatic carbocycles. The molecular weight excluding hydrogens is 228 g/mol. The van der Waals surface area contributed by atoms with E-state index in [1.54, 1.807) is 19.1 Å². The van der Waals surface area contributed by atoms with Gasteiger partial charge in [0, 0.05) is 24.2 Å². The van der Waals surface area contributed by atoms with Crippen LogP contribution in [0.25, 0.3) is 0 Å². The van der Waals surface area contributed by atoms with Gasteiger partial charge in [0.15, 0.2) is 0 Å². The molecule has 1 rings (SSSR count). The van der Waals surface area contributed by atoms with Crippen LogP contribution in [0.15, 0.2) is 18.2 Å². The van der Waals surface area contributed by atoms with E-state index in [1.165, 1.54) is 0 Å². The SMILES string of the molecule is Cc1ccc(CNC(C)C(C)(C)C)cc1[N+](=O)[O-]. The molecule has 4 nitrogen and oxygen atoms in total. The van der Waals surface area contributed by atoms with Gasteiger partial charge in [-0.1, -0.05) is 32.9 Å². The predicted molar refractivity (Wildman–Crippen MR) is 73.6 cm³/mol. The van der Waals surface area contributed by atoms with Gasteiger partial charge >= 0.3 is 0 Å². The van der Waals surface area contributed by atoms with Crippen molar-refractivity contribution in [2.24, 2.45) is 5.41 Å². The van der Waals surface area contributed by atoms with Gasteiger partial charge in [0.25, 0.3) is 5.69 Å². The monoisotopic (exact) mass is 250 g/mol. The van der Waals surface area contributed by atoms with Crippen LogP contribution in [0.5, 0.6) is 0 Å². The van der Waals surface area contributed by atoms with E-state index in [1.807, 2.05) is 6.07 Å². The summed E-state index contributed by atoms with van der Waals surface area (Å²) in [5.41, 5.74) is 2.02. The minimum absolute atomic E-state index is 0.177. The molecule has 0 fully saturated rings. The molecule has 1 aromatic rings. The maximum Gasteiger partial charge on any atom is 0.272 e. The van der Waals surface area contributed by atoms with E-state index in [4.69, 9.17) is 0 Å². The number of hydrogen-bond acceptors (Lipinski definition) is 3. The number of nitrogens with one attached hydrogen (secondary N) is 1. The Morgan fingerprint density at radius 2 is 2.00 bits per heavy atom. The van der Waals surface area contributed by atoms with Gasteiger partial charge in [-0.05, 0) is 24.8 Å². The van der Waals surface area contributed by atoms with Crippen LogP contribution in [-0.2, 0) is 6.54 Å². The fourth-order valence-corrected chi connectivity index (χ4v) is 1.54. The quantitative estimate of drug-likeness (QED) is 0.658. The van der Waals surface area contributed by atoms with E-state index in [2.05, 4.69) is 33.0 Å². The lowest BCUT2D eigenvalue weighted by atomic mass is 9.88. The van der Waals surface area contributed by atoms with Crippen LogP contribution in [0.4, 0.5) is 5.69 Å². The van der Waals surface area contributed by atoms with Crippen molar-refractivity contribution in [1.82, 2.24) is 5.32 Å². The van der Waals surface area contributed by atoms with E-state index in [-0.39, 0.29) is 16.0 Å². The van der Waals surface area contributed by atoms with Crippen LogP contribution in [0.3, 0.4) is 0 Å². The molecule has 18 heavy (non-hydrogen) atoms. The lowest BCUT2D eigenvalue weighted by Gasteiger charge is -2.28.